The molecule has 3 saturated carbocycles. The lowest BCUT2D eigenvalue weighted by atomic mass is 9.81. The maximum Gasteiger partial charge on any atom is 0.417 e. The van der Waals surface area contributed by atoms with Crippen LogP contribution in [-0.4, -0.2) is 240 Å². The van der Waals surface area contributed by atoms with Gasteiger partial charge >= 0.3 is 6.18 Å². The number of amides is 12. The monoisotopic (exact) mass is 1490 g/mol. The Morgan fingerprint density at radius 1 is 0.619 bits per heavy atom. The number of piperidine rings is 1. The van der Waals surface area contributed by atoms with Crippen LogP contribution in [0.1, 0.15) is 186 Å². The van der Waals surface area contributed by atoms with Crippen molar-refractivity contribution in [2.45, 2.75) is 236 Å². The molecule has 0 unspecified atom stereocenters. The van der Waals surface area contributed by atoms with E-state index in [-0.39, 0.29) is 62.3 Å². The Morgan fingerprint density at radius 2 is 1.22 bits per heavy atom. The molecule has 12 amide bonds. The SMILES string of the molecule is CC[C@H](C)[C@@H]1NC(=O)[C@H](CC(C)C)N(C)C(=O)C[C@@H](C(=O)N2CCCCC2)N(C)C(=O)[C@H](C2CCCCC2)N(C)C(=O)C2(CCCC2)NC(=O)[C@@H]2Cc3ccccc3N2C(=O)[C@H](CCc2ccc(C(F)(F)F)c(Cl)c2)NC(=O)CN(C)C(=O)[C@H](CC2CCCCC2)N(C)C(=O)CN(C)C(=O)CN(C)C1=O. The lowest BCUT2D eigenvalue weighted by molar-refractivity contribution is -0.157. The molecular weight excluding hydrogens is 1380 g/mol. The molecule has 1 spiro atoms. The highest BCUT2D eigenvalue weighted by Crippen LogP contribution is 2.40. The van der Waals surface area contributed by atoms with Crippen LogP contribution < -0.4 is 20.9 Å². The number of nitrogens with one attached hydrogen (secondary N) is 3. The summed E-state index contributed by atoms with van der Waals surface area (Å²) in [6.45, 7) is 6.36. The van der Waals surface area contributed by atoms with E-state index in [2.05, 4.69) is 16.0 Å². The van der Waals surface area contributed by atoms with E-state index in [1.807, 2.05) is 20.8 Å². The number of likely N-dealkylation sites (tertiary alicyclic amines) is 1. The van der Waals surface area contributed by atoms with Gasteiger partial charge in [0.1, 0.15) is 47.8 Å². The highest BCUT2D eigenvalue weighted by atomic mass is 35.5. The Hall–Kier alpha value is -7.84. The molecule has 28 heteroatoms. The fraction of sp³-hybridized carbons (Fsp3) is 0.688. The van der Waals surface area contributed by atoms with Crippen molar-refractivity contribution in [1.82, 2.24) is 55.1 Å². The molecule has 3 N–H and O–H groups in total. The second kappa shape index (κ2) is 36.6. The first kappa shape index (κ1) is 82.8. The second-order valence-corrected chi connectivity index (χ2v) is 31.4. The van der Waals surface area contributed by atoms with Crippen molar-refractivity contribution < 1.29 is 70.7 Å². The third kappa shape index (κ3) is 20.3. The molecule has 0 aromatic heterocycles. The van der Waals surface area contributed by atoms with Gasteiger partial charge in [-0.1, -0.05) is 134 Å². The van der Waals surface area contributed by atoms with Crippen molar-refractivity contribution in [2.24, 2.45) is 23.7 Å². The molecule has 3 aliphatic heterocycles. The van der Waals surface area contributed by atoms with Crippen molar-refractivity contribution in [3.05, 3.63) is 64.2 Å². The van der Waals surface area contributed by atoms with Crippen LogP contribution in [0.2, 0.25) is 5.02 Å². The van der Waals surface area contributed by atoms with Gasteiger partial charge in [-0.25, -0.2) is 0 Å². The van der Waals surface area contributed by atoms with E-state index >= 15 is 28.8 Å². The minimum Gasteiger partial charge on any atom is -0.343 e. The van der Waals surface area contributed by atoms with E-state index in [1.54, 1.807) is 36.1 Å². The molecule has 0 bridgehead atoms. The molecule has 2 saturated heterocycles. The van der Waals surface area contributed by atoms with Gasteiger partial charge in [0, 0.05) is 74.5 Å². The third-order valence-corrected chi connectivity index (χ3v) is 23.3. The number of benzene rings is 2. The fourth-order valence-electron chi connectivity index (χ4n) is 16.4. The van der Waals surface area contributed by atoms with Gasteiger partial charge in [0.25, 0.3) is 0 Å². The van der Waals surface area contributed by atoms with E-state index < -0.39 is 173 Å². The highest BCUT2D eigenvalue weighted by molar-refractivity contribution is 6.31. The van der Waals surface area contributed by atoms with Crippen LogP contribution in [0, 0.1) is 23.7 Å². The molecule has 6 aliphatic rings. The van der Waals surface area contributed by atoms with Crippen LogP contribution in [0.5, 0.6) is 0 Å². The minimum atomic E-state index is -4.78. The van der Waals surface area contributed by atoms with Gasteiger partial charge in [-0.2, -0.15) is 13.2 Å². The van der Waals surface area contributed by atoms with E-state index in [1.165, 1.54) is 79.9 Å². The van der Waals surface area contributed by atoms with Gasteiger partial charge in [0.05, 0.1) is 36.6 Å². The molecule has 8 rings (SSSR count). The Morgan fingerprint density at radius 3 is 1.84 bits per heavy atom. The smallest absolute Gasteiger partial charge is 0.343 e. The van der Waals surface area contributed by atoms with Crippen molar-refractivity contribution in [2.75, 3.05) is 87.0 Å². The number of hydrogen-bond donors (Lipinski definition) is 3. The predicted octanol–water partition coefficient (Wildman–Crippen LogP) is 7.39. The van der Waals surface area contributed by atoms with Gasteiger partial charge in [-0.15, -0.1) is 0 Å². The van der Waals surface area contributed by atoms with Gasteiger partial charge in [0.15, 0.2) is 0 Å². The molecule has 8 atom stereocenters. The van der Waals surface area contributed by atoms with E-state index in [4.69, 9.17) is 11.6 Å². The van der Waals surface area contributed by atoms with Gasteiger partial charge in [0.2, 0.25) is 70.9 Å². The zero-order valence-electron chi connectivity index (χ0n) is 63.3. The van der Waals surface area contributed by atoms with Gasteiger partial charge < -0.3 is 55.1 Å². The number of carbonyl (C=O) groups is 12. The summed E-state index contributed by atoms with van der Waals surface area (Å²) in [6, 6.07) is 0.894. The van der Waals surface area contributed by atoms with Crippen molar-refractivity contribution in [1.29, 1.82) is 0 Å². The molecule has 5 fully saturated rings. The zero-order chi connectivity index (χ0) is 76.9. The normalized spacial score (nSPS) is 26.0. The van der Waals surface area contributed by atoms with E-state index in [0.29, 0.717) is 69.3 Å². The van der Waals surface area contributed by atoms with E-state index in [0.717, 1.165) is 84.6 Å². The lowest BCUT2D eigenvalue weighted by Gasteiger charge is -2.43. The summed E-state index contributed by atoms with van der Waals surface area (Å²) in [5, 5.41) is 8.25. The molecular formula is C77H112ClF3N12O12. The van der Waals surface area contributed by atoms with Crippen molar-refractivity contribution in [3.63, 3.8) is 0 Å². The number of nitrogens with zero attached hydrogens (tertiary/aromatic N) is 9. The Kier molecular flexibility index (Phi) is 28.9. The summed E-state index contributed by atoms with van der Waals surface area (Å²) >= 11 is 6.22. The first-order valence-corrected chi connectivity index (χ1v) is 38.3. The van der Waals surface area contributed by atoms with Gasteiger partial charge in [-0.3, -0.25) is 62.4 Å². The molecule has 3 heterocycles. The van der Waals surface area contributed by atoms with Crippen molar-refractivity contribution >= 4 is 88.2 Å². The number of rotatable bonds is 11. The number of fused-ring (bicyclic) bond motifs is 3. The number of aryl methyl sites for hydroxylation is 1. The second-order valence-electron chi connectivity index (χ2n) is 31.0. The van der Waals surface area contributed by atoms with Crippen LogP contribution in [0.25, 0.3) is 0 Å². The molecule has 0 radical (unpaired) electrons. The van der Waals surface area contributed by atoms with Crippen LogP contribution >= 0.6 is 11.6 Å². The van der Waals surface area contributed by atoms with Gasteiger partial charge in [-0.05, 0) is 124 Å². The van der Waals surface area contributed by atoms with E-state index in [9.17, 15) is 41.9 Å². The standard InChI is InChI=1S/C77H112ClF3N12O12/c1-12-49(4)66-73(103)87(7)46-64(96)85(5)47-65(97)89(9)60(42-50-26-16-13-17-27-50)71(101)86(6)45-62(94)82-56(35-33-51-32-34-54(55(78)41-51)77(79,80)81)70(100)93-57-31-21-20-30-53(57)43-59(93)69(99)84-76(36-22-23-37-76)75(105)91(11)67(52-28-18-14-19-29-52)74(104)90(10)61(72(102)92-38-24-15-25-39-92)44-63(95)88(8)58(40-48(2)3)68(98)83-66/h20-21,30-32,34,41,48-50,52,56,58-61,66-67H,12-19,22-29,33,35-40,42-47H2,1-11H3,(H,82,94)(H,83,98)(H,84,99)/t49-,56-,58-,59-,60-,61-,66-,67-/m0/s1. The number of hydrogen-bond acceptors (Lipinski definition) is 12. The number of likely N-dealkylation sites (N-methyl/N-ethyl adjacent to an activating group) is 7. The number of anilines is 1. The Bertz CT molecular complexity index is 3480. The van der Waals surface area contributed by atoms with Crippen LogP contribution in [-0.2, 0) is 76.6 Å². The summed E-state index contributed by atoms with van der Waals surface area (Å²) < 4.78 is 42.0. The number of carbonyl (C=O) groups excluding carboxylic acids is 12. The summed E-state index contributed by atoms with van der Waals surface area (Å²) in [6.07, 6.45) is 6.18. The topological polar surface area (TPSA) is 270 Å². The number of alkyl halides is 3. The molecule has 3 aliphatic carbocycles. The summed E-state index contributed by atoms with van der Waals surface area (Å²) in [5.74, 6) is -9.00. The number of halogens is 4. The summed E-state index contributed by atoms with van der Waals surface area (Å²) in [7, 11) is 10.0. The first-order chi connectivity index (χ1) is 49.7. The average molecular weight is 1490 g/mol. The zero-order valence-corrected chi connectivity index (χ0v) is 64.1. The molecule has 24 nitrogen and oxygen atoms in total. The molecule has 2 aromatic rings. The third-order valence-electron chi connectivity index (χ3n) is 23.0. The van der Waals surface area contributed by atoms with Crippen LogP contribution in [0.3, 0.4) is 0 Å². The Balaban J connectivity index is 1.21. The Labute approximate surface area is 621 Å². The van der Waals surface area contributed by atoms with Crippen LogP contribution in [0.4, 0.5) is 18.9 Å². The molecule has 2 aromatic carbocycles. The predicted molar refractivity (Wildman–Crippen MR) is 390 cm³/mol. The van der Waals surface area contributed by atoms with Crippen LogP contribution in [0.15, 0.2) is 42.5 Å². The maximum absolute atomic E-state index is 16.0. The largest absolute Gasteiger partial charge is 0.417 e. The summed E-state index contributed by atoms with van der Waals surface area (Å²) in [5.41, 5.74) is -1.56. The lowest BCUT2D eigenvalue weighted by Crippen LogP contribution is -2.65. The molecule has 105 heavy (non-hydrogen) atoms. The molecule has 580 valence electrons. The average Bonchev–Trinajstić information content (AvgIpc) is 1.40. The highest BCUT2D eigenvalue weighted by Gasteiger charge is 2.52. The van der Waals surface area contributed by atoms with Crippen molar-refractivity contribution in [3.8, 4) is 0 Å². The first-order valence-electron chi connectivity index (χ1n) is 37.9. The number of para-hydroxylation sites is 1. The fourth-order valence-corrected chi connectivity index (χ4v) is 16.7. The summed E-state index contributed by atoms with van der Waals surface area (Å²) in [4.78, 5) is 193. The minimum absolute atomic E-state index is 0.00400. The maximum atomic E-state index is 16.0. The quantitative estimate of drug-likeness (QED) is 0.199.